The molecule has 0 fully saturated rings. The van der Waals surface area contributed by atoms with Crippen molar-refractivity contribution in [2.45, 2.75) is 0 Å². The number of carbonyl (C=O) groups is 1. The van der Waals surface area contributed by atoms with Crippen molar-refractivity contribution in [3.8, 4) is 5.75 Å². The summed E-state index contributed by atoms with van der Waals surface area (Å²) in [7, 11) is 0. The monoisotopic (exact) mass is 443 g/mol. The van der Waals surface area contributed by atoms with Gasteiger partial charge in [0.15, 0.2) is 11.6 Å². The lowest BCUT2D eigenvalue weighted by Gasteiger charge is -2.12. The summed E-state index contributed by atoms with van der Waals surface area (Å²) in [5, 5.41) is 17.7. The van der Waals surface area contributed by atoms with E-state index in [0.717, 1.165) is 12.3 Å². The molecule has 3 rings (SSSR count). The minimum atomic E-state index is -0.658. The van der Waals surface area contributed by atoms with Crippen LogP contribution in [0.2, 0.25) is 5.02 Å². The van der Waals surface area contributed by atoms with Crippen LogP contribution in [-0.2, 0) is 4.79 Å². The number of aromatic nitrogens is 2. The summed E-state index contributed by atoms with van der Waals surface area (Å²) in [6.07, 6.45) is 2.18. The Morgan fingerprint density at radius 3 is 2.74 bits per heavy atom. The second-order valence-electron chi connectivity index (χ2n) is 6.13. The van der Waals surface area contributed by atoms with E-state index >= 15 is 0 Å². The van der Waals surface area contributed by atoms with Gasteiger partial charge in [0.2, 0.25) is 11.9 Å². The topological polar surface area (TPSA) is 108 Å². The van der Waals surface area contributed by atoms with Crippen LogP contribution < -0.4 is 20.7 Å². The number of benzene rings is 2. The van der Waals surface area contributed by atoms with Gasteiger partial charge in [-0.2, -0.15) is 4.98 Å². The van der Waals surface area contributed by atoms with Gasteiger partial charge < -0.3 is 25.8 Å². The van der Waals surface area contributed by atoms with E-state index in [1.54, 1.807) is 42.5 Å². The number of hydrogen-bond acceptors (Lipinski definition) is 7. The first kappa shape index (κ1) is 22.0. The lowest BCUT2D eigenvalue weighted by Crippen LogP contribution is -2.07. The number of anilines is 5. The molecule has 0 aliphatic heterocycles. The largest absolute Gasteiger partial charge is 0.490 e. The molecule has 1 aromatic heterocycles. The van der Waals surface area contributed by atoms with Gasteiger partial charge in [0.25, 0.3) is 0 Å². The quantitative estimate of drug-likeness (QED) is 0.366. The van der Waals surface area contributed by atoms with E-state index in [-0.39, 0.29) is 30.9 Å². The maximum absolute atomic E-state index is 14.3. The fraction of sp³-hybridized carbons (Fsp3) is 0.0952. The Hall–Kier alpha value is -3.69. The Morgan fingerprint density at radius 2 is 1.97 bits per heavy atom. The van der Waals surface area contributed by atoms with Gasteiger partial charge in [0.1, 0.15) is 12.4 Å². The molecule has 10 heteroatoms. The summed E-state index contributed by atoms with van der Waals surface area (Å²) in [5.74, 6) is -0.568. The minimum Gasteiger partial charge on any atom is -0.490 e. The molecule has 0 aliphatic carbocycles. The van der Waals surface area contributed by atoms with Crippen molar-refractivity contribution in [1.82, 2.24) is 9.97 Å². The number of carbonyl (C=O) groups excluding carboxylic acids is 1. The van der Waals surface area contributed by atoms with E-state index in [1.165, 1.54) is 0 Å². The lowest BCUT2D eigenvalue weighted by atomic mass is 10.2. The van der Waals surface area contributed by atoms with Crippen LogP contribution in [0.4, 0.5) is 33.2 Å². The van der Waals surface area contributed by atoms with Crippen molar-refractivity contribution in [3.63, 3.8) is 0 Å². The van der Waals surface area contributed by atoms with E-state index in [1.807, 2.05) is 0 Å². The second-order valence-corrected chi connectivity index (χ2v) is 6.54. The highest BCUT2D eigenvalue weighted by Gasteiger charge is 2.10. The van der Waals surface area contributed by atoms with E-state index in [4.69, 9.17) is 21.4 Å². The van der Waals surface area contributed by atoms with Gasteiger partial charge in [-0.1, -0.05) is 24.2 Å². The molecule has 4 N–H and O–H groups in total. The SMILES string of the molecule is C=CC(=O)Nc1cccc(Nc2nc(Nc3ccc(Cl)c(OCCO)c3)ncc2F)c1. The molecule has 0 saturated heterocycles. The molecule has 1 amide bonds. The third kappa shape index (κ3) is 6.14. The molecule has 0 saturated carbocycles. The number of ether oxygens (including phenoxy) is 1. The fourth-order valence-electron chi connectivity index (χ4n) is 2.50. The summed E-state index contributed by atoms with van der Waals surface area (Å²) >= 11 is 6.07. The molecule has 3 aromatic rings. The Bertz CT molecular complexity index is 1100. The Morgan fingerprint density at radius 1 is 1.19 bits per heavy atom. The molecule has 160 valence electrons. The summed E-state index contributed by atoms with van der Waals surface area (Å²) in [6.45, 7) is 3.34. The zero-order valence-corrected chi connectivity index (χ0v) is 17.0. The first-order valence-electron chi connectivity index (χ1n) is 9.12. The number of aliphatic hydroxyl groups is 1. The Balaban J connectivity index is 1.77. The van der Waals surface area contributed by atoms with Crippen LogP contribution in [0.5, 0.6) is 5.75 Å². The summed E-state index contributed by atoms with van der Waals surface area (Å²) in [5.41, 5.74) is 1.58. The summed E-state index contributed by atoms with van der Waals surface area (Å²) in [4.78, 5) is 19.6. The number of nitrogens with one attached hydrogen (secondary N) is 3. The van der Waals surface area contributed by atoms with Gasteiger partial charge in [-0.3, -0.25) is 4.79 Å². The Labute approximate surface area is 182 Å². The van der Waals surface area contributed by atoms with E-state index in [2.05, 4.69) is 32.5 Å². The van der Waals surface area contributed by atoms with Gasteiger partial charge in [-0.25, -0.2) is 9.37 Å². The van der Waals surface area contributed by atoms with Crippen molar-refractivity contribution < 1.29 is 19.0 Å². The van der Waals surface area contributed by atoms with E-state index < -0.39 is 5.82 Å². The molecule has 1 heterocycles. The van der Waals surface area contributed by atoms with Gasteiger partial charge in [0.05, 0.1) is 17.8 Å². The number of nitrogens with zero attached hydrogens (tertiary/aromatic N) is 2. The van der Waals surface area contributed by atoms with Crippen LogP contribution in [0.1, 0.15) is 0 Å². The average Bonchev–Trinajstić information content (AvgIpc) is 2.76. The minimum absolute atomic E-state index is 0.0598. The van der Waals surface area contributed by atoms with Crippen LogP contribution >= 0.6 is 11.6 Å². The van der Waals surface area contributed by atoms with Crippen LogP contribution in [0.25, 0.3) is 0 Å². The van der Waals surface area contributed by atoms with Crippen molar-refractivity contribution in [1.29, 1.82) is 0 Å². The number of hydrogen-bond donors (Lipinski definition) is 4. The van der Waals surface area contributed by atoms with Crippen LogP contribution in [-0.4, -0.2) is 34.2 Å². The van der Waals surface area contributed by atoms with Crippen LogP contribution in [0.15, 0.2) is 61.3 Å². The van der Waals surface area contributed by atoms with Gasteiger partial charge >= 0.3 is 0 Å². The van der Waals surface area contributed by atoms with Crippen molar-refractivity contribution in [3.05, 3.63) is 72.2 Å². The maximum Gasteiger partial charge on any atom is 0.247 e. The third-order valence-electron chi connectivity index (χ3n) is 3.86. The summed E-state index contributed by atoms with van der Waals surface area (Å²) in [6, 6.07) is 11.6. The molecule has 2 aromatic carbocycles. The third-order valence-corrected chi connectivity index (χ3v) is 4.17. The number of amides is 1. The van der Waals surface area contributed by atoms with E-state index in [9.17, 15) is 9.18 Å². The molecule has 8 nitrogen and oxygen atoms in total. The first-order valence-corrected chi connectivity index (χ1v) is 9.49. The van der Waals surface area contributed by atoms with Crippen molar-refractivity contribution in [2.75, 3.05) is 29.2 Å². The second kappa shape index (κ2) is 10.4. The van der Waals surface area contributed by atoms with Crippen molar-refractivity contribution in [2.24, 2.45) is 0 Å². The number of rotatable bonds is 9. The normalized spacial score (nSPS) is 10.3. The smallest absolute Gasteiger partial charge is 0.247 e. The molecular weight excluding hydrogens is 425 g/mol. The first-order chi connectivity index (χ1) is 15.0. The molecule has 31 heavy (non-hydrogen) atoms. The maximum atomic E-state index is 14.3. The lowest BCUT2D eigenvalue weighted by molar-refractivity contribution is -0.111. The standard InChI is InChI=1S/C21H19ClFN5O3/c1-2-19(30)25-13-4-3-5-14(10-13)26-20-17(23)12-24-21(28-20)27-15-6-7-16(22)18(11-15)31-9-8-29/h2-7,10-12,29H,1,8-9H2,(H,25,30)(H2,24,26,27,28). The van der Waals surface area contributed by atoms with Gasteiger partial charge in [-0.15, -0.1) is 0 Å². The van der Waals surface area contributed by atoms with Crippen LogP contribution in [0, 0.1) is 5.82 Å². The highest BCUT2D eigenvalue weighted by atomic mass is 35.5. The average molecular weight is 444 g/mol. The van der Waals surface area contributed by atoms with Crippen molar-refractivity contribution >= 4 is 46.3 Å². The van der Waals surface area contributed by atoms with Gasteiger partial charge in [0, 0.05) is 23.1 Å². The predicted molar refractivity (Wildman–Crippen MR) is 118 cm³/mol. The number of halogens is 2. The molecule has 0 spiro atoms. The summed E-state index contributed by atoms with van der Waals surface area (Å²) < 4.78 is 19.6. The molecule has 0 atom stereocenters. The molecule has 0 unspecified atom stereocenters. The molecule has 0 bridgehead atoms. The zero-order valence-electron chi connectivity index (χ0n) is 16.2. The fourth-order valence-corrected chi connectivity index (χ4v) is 2.67. The molecular formula is C21H19ClFN5O3. The van der Waals surface area contributed by atoms with Gasteiger partial charge in [-0.05, 0) is 36.4 Å². The zero-order chi connectivity index (χ0) is 22.2. The highest BCUT2D eigenvalue weighted by Crippen LogP contribution is 2.29. The Kier molecular flexibility index (Phi) is 7.36. The predicted octanol–water partition coefficient (Wildman–Crippen LogP) is 4.25. The van der Waals surface area contributed by atoms with E-state index in [0.29, 0.717) is 27.8 Å². The van der Waals surface area contributed by atoms with Crippen LogP contribution in [0.3, 0.4) is 0 Å². The molecule has 0 radical (unpaired) electrons. The highest BCUT2D eigenvalue weighted by molar-refractivity contribution is 6.32. The number of aliphatic hydroxyl groups excluding tert-OH is 1. The molecule has 0 aliphatic rings.